The van der Waals surface area contributed by atoms with E-state index in [1.807, 2.05) is 13.0 Å². The summed E-state index contributed by atoms with van der Waals surface area (Å²) in [5, 5.41) is 9.44. The lowest BCUT2D eigenvalue weighted by atomic mass is 10.1. The molecule has 4 nitrogen and oxygen atoms in total. The van der Waals surface area contributed by atoms with Crippen molar-refractivity contribution in [1.29, 1.82) is 0 Å². The normalized spacial score (nSPS) is 23.5. The van der Waals surface area contributed by atoms with E-state index in [1.54, 1.807) is 12.4 Å². The summed E-state index contributed by atoms with van der Waals surface area (Å²) in [5.41, 5.74) is 0. The van der Waals surface area contributed by atoms with Crippen molar-refractivity contribution in [2.24, 2.45) is 0 Å². The number of aromatic nitrogens is 2. The van der Waals surface area contributed by atoms with Gasteiger partial charge in [0.25, 0.3) is 0 Å². The molecule has 1 aliphatic rings. The van der Waals surface area contributed by atoms with Crippen LogP contribution >= 0.6 is 0 Å². The molecule has 2 atom stereocenters. The summed E-state index contributed by atoms with van der Waals surface area (Å²) in [6.45, 7) is 3.75. The van der Waals surface area contributed by atoms with Gasteiger partial charge in [0.15, 0.2) is 0 Å². The minimum absolute atomic E-state index is 0.220. The van der Waals surface area contributed by atoms with Crippen molar-refractivity contribution in [2.45, 2.75) is 44.9 Å². The Morgan fingerprint density at radius 1 is 1.50 bits per heavy atom. The molecule has 0 spiro atoms. The Bertz CT molecular complexity index is 315. The molecule has 1 aromatic rings. The Balaban J connectivity index is 1.93. The number of hydrogen-bond acceptors (Lipinski definition) is 4. The number of aliphatic hydroxyl groups excluding tert-OH is 1. The van der Waals surface area contributed by atoms with Crippen LogP contribution in [0.15, 0.2) is 18.5 Å². The maximum atomic E-state index is 9.44. The monoisotopic (exact) mass is 221 g/mol. The van der Waals surface area contributed by atoms with Gasteiger partial charge in [0.2, 0.25) is 0 Å². The van der Waals surface area contributed by atoms with Gasteiger partial charge in [0.1, 0.15) is 5.82 Å². The largest absolute Gasteiger partial charge is 0.393 e. The highest BCUT2D eigenvalue weighted by molar-refractivity contribution is 4.91. The van der Waals surface area contributed by atoms with Crippen LogP contribution in [0.5, 0.6) is 0 Å². The second-order valence-corrected chi connectivity index (χ2v) is 4.52. The molecule has 1 aromatic heterocycles. The molecule has 0 aromatic carbocycles. The predicted molar refractivity (Wildman–Crippen MR) is 61.8 cm³/mol. The van der Waals surface area contributed by atoms with Gasteiger partial charge in [-0.3, -0.25) is 4.90 Å². The van der Waals surface area contributed by atoms with E-state index in [9.17, 15) is 5.11 Å². The van der Waals surface area contributed by atoms with E-state index >= 15 is 0 Å². The second-order valence-electron chi connectivity index (χ2n) is 4.52. The van der Waals surface area contributed by atoms with Gasteiger partial charge in [0.05, 0.1) is 12.6 Å². The van der Waals surface area contributed by atoms with E-state index in [2.05, 4.69) is 14.9 Å². The van der Waals surface area contributed by atoms with Crippen LogP contribution < -0.4 is 0 Å². The van der Waals surface area contributed by atoms with Crippen LogP contribution in [-0.4, -0.2) is 38.7 Å². The van der Waals surface area contributed by atoms with Crippen molar-refractivity contribution >= 4 is 0 Å². The molecule has 0 bridgehead atoms. The first-order valence-electron chi connectivity index (χ1n) is 5.93. The Morgan fingerprint density at radius 3 is 2.94 bits per heavy atom. The highest BCUT2D eigenvalue weighted by Crippen LogP contribution is 2.22. The van der Waals surface area contributed by atoms with Crippen molar-refractivity contribution < 1.29 is 5.11 Å². The van der Waals surface area contributed by atoms with Crippen LogP contribution in [0.1, 0.15) is 32.0 Å². The van der Waals surface area contributed by atoms with E-state index < -0.39 is 0 Å². The highest BCUT2D eigenvalue weighted by atomic mass is 16.3. The standard InChI is InChI=1S/C12H19N3O/c1-10(16)8-11-4-2-7-15(11)9-12-13-5-3-6-14-12/h3,5-6,10-11,16H,2,4,7-9H2,1H3. The number of hydrogen-bond donors (Lipinski definition) is 1. The van der Waals surface area contributed by atoms with Crippen LogP contribution in [0.3, 0.4) is 0 Å². The Kier molecular flexibility index (Phi) is 3.85. The van der Waals surface area contributed by atoms with Crippen molar-refractivity contribution in [3.05, 3.63) is 24.3 Å². The first-order valence-corrected chi connectivity index (χ1v) is 5.93. The summed E-state index contributed by atoms with van der Waals surface area (Å²) in [4.78, 5) is 10.9. The molecule has 4 heteroatoms. The van der Waals surface area contributed by atoms with Crippen molar-refractivity contribution in [3.63, 3.8) is 0 Å². The van der Waals surface area contributed by atoms with Gasteiger partial charge in [-0.15, -0.1) is 0 Å². The maximum absolute atomic E-state index is 9.44. The minimum atomic E-state index is -0.220. The molecule has 88 valence electrons. The average molecular weight is 221 g/mol. The van der Waals surface area contributed by atoms with E-state index in [-0.39, 0.29) is 6.10 Å². The predicted octanol–water partition coefficient (Wildman–Crippen LogP) is 1.21. The van der Waals surface area contributed by atoms with Gasteiger partial charge in [-0.1, -0.05) is 0 Å². The second kappa shape index (κ2) is 5.37. The zero-order valence-electron chi connectivity index (χ0n) is 9.71. The topological polar surface area (TPSA) is 49.2 Å². The number of aliphatic hydroxyl groups is 1. The molecule has 1 aliphatic heterocycles. The Hall–Kier alpha value is -1.00. The lowest BCUT2D eigenvalue weighted by Crippen LogP contribution is -2.32. The molecule has 0 radical (unpaired) electrons. The van der Waals surface area contributed by atoms with Gasteiger partial charge in [-0.2, -0.15) is 0 Å². The third kappa shape index (κ3) is 3.00. The molecule has 1 N–H and O–H groups in total. The van der Waals surface area contributed by atoms with Gasteiger partial charge < -0.3 is 5.11 Å². The number of likely N-dealkylation sites (tertiary alicyclic amines) is 1. The van der Waals surface area contributed by atoms with Gasteiger partial charge in [-0.05, 0) is 38.8 Å². The molecule has 16 heavy (non-hydrogen) atoms. The highest BCUT2D eigenvalue weighted by Gasteiger charge is 2.25. The number of nitrogens with zero attached hydrogens (tertiary/aromatic N) is 3. The fourth-order valence-electron chi connectivity index (χ4n) is 2.36. The third-order valence-electron chi connectivity index (χ3n) is 3.08. The van der Waals surface area contributed by atoms with Gasteiger partial charge in [-0.25, -0.2) is 9.97 Å². The SMILES string of the molecule is CC(O)CC1CCCN1Cc1ncccn1. The lowest BCUT2D eigenvalue weighted by molar-refractivity contribution is 0.129. The first kappa shape index (κ1) is 11.5. The molecule has 2 unspecified atom stereocenters. The van der Waals surface area contributed by atoms with Crippen LogP contribution in [0.25, 0.3) is 0 Å². The van der Waals surface area contributed by atoms with Crippen molar-refractivity contribution in [3.8, 4) is 0 Å². The lowest BCUT2D eigenvalue weighted by Gasteiger charge is -2.24. The summed E-state index contributed by atoms with van der Waals surface area (Å²) in [5.74, 6) is 0.875. The third-order valence-corrected chi connectivity index (χ3v) is 3.08. The van der Waals surface area contributed by atoms with Crippen LogP contribution in [0.4, 0.5) is 0 Å². The van der Waals surface area contributed by atoms with E-state index in [0.29, 0.717) is 6.04 Å². The Labute approximate surface area is 96.3 Å². The van der Waals surface area contributed by atoms with Gasteiger partial charge in [0, 0.05) is 18.4 Å². The molecule has 0 aliphatic carbocycles. The van der Waals surface area contributed by atoms with Crippen LogP contribution in [0, 0.1) is 0 Å². The van der Waals surface area contributed by atoms with Crippen LogP contribution in [-0.2, 0) is 6.54 Å². The van der Waals surface area contributed by atoms with E-state index in [1.165, 1.54) is 12.8 Å². The molecule has 2 rings (SSSR count). The van der Waals surface area contributed by atoms with Crippen molar-refractivity contribution in [2.75, 3.05) is 6.54 Å². The molecule has 0 amide bonds. The molecule has 1 saturated heterocycles. The smallest absolute Gasteiger partial charge is 0.142 e. The van der Waals surface area contributed by atoms with Crippen LogP contribution in [0.2, 0.25) is 0 Å². The zero-order valence-corrected chi connectivity index (χ0v) is 9.71. The first-order chi connectivity index (χ1) is 7.75. The molecule has 2 heterocycles. The summed E-state index contributed by atoms with van der Waals surface area (Å²) >= 11 is 0. The summed E-state index contributed by atoms with van der Waals surface area (Å²) in [6, 6.07) is 2.32. The summed E-state index contributed by atoms with van der Waals surface area (Å²) in [6.07, 6.45) is 6.58. The molecular weight excluding hydrogens is 202 g/mol. The average Bonchev–Trinajstić information content (AvgIpc) is 2.66. The zero-order chi connectivity index (χ0) is 11.4. The quantitative estimate of drug-likeness (QED) is 0.830. The molecule has 1 fully saturated rings. The molecule has 0 saturated carbocycles. The van der Waals surface area contributed by atoms with Crippen molar-refractivity contribution in [1.82, 2.24) is 14.9 Å². The fourth-order valence-corrected chi connectivity index (χ4v) is 2.36. The number of rotatable bonds is 4. The summed E-state index contributed by atoms with van der Waals surface area (Å²) < 4.78 is 0. The molecular formula is C12H19N3O. The minimum Gasteiger partial charge on any atom is -0.393 e. The maximum Gasteiger partial charge on any atom is 0.142 e. The summed E-state index contributed by atoms with van der Waals surface area (Å²) in [7, 11) is 0. The van der Waals surface area contributed by atoms with E-state index in [4.69, 9.17) is 0 Å². The Morgan fingerprint density at radius 2 is 2.25 bits per heavy atom. The fraction of sp³-hybridized carbons (Fsp3) is 0.667. The van der Waals surface area contributed by atoms with Gasteiger partial charge >= 0.3 is 0 Å². The van der Waals surface area contributed by atoms with E-state index in [0.717, 1.165) is 25.3 Å².